The van der Waals surface area contributed by atoms with Crippen molar-refractivity contribution >= 4 is 118 Å². The zero-order chi connectivity index (χ0) is 67.7. The van der Waals surface area contributed by atoms with E-state index in [4.69, 9.17) is 39.3 Å². The molecule has 0 heterocycles. The highest BCUT2D eigenvalue weighted by Gasteiger charge is 2.17. The molecule has 0 aromatic carbocycles. The van der Waals surface area contributed by atoms with Gasteiger partial charge in [0.1, 0.15) is 1.41 Å². The normalized spacial score (nSPS) is 11.6. The van der Waals surface area contributed by atoms with Gasteiger partial charge in [-0.05, 0) is 131 Å². The molecule has 0 aromatic heterocycles. The molecule has 0 fully saturated rings. The lowest BCUT2D eigenvalue weighted by molar-refractivity contribution is -0.132. The van der Waals surface area contributed by atoms with Crippen LogP contribution in [0.2, 0.25) is 1.41 Å². The Morgan fingerprint density at radius 2 is 0.598 bits per heavy atom. The molecule has 0 aliphatic rings. The summed E-state index contributed by atoms with van der Waals surface area (Å²) in [7, 11) is 0. The first-order valence-electron chi connectivity index (χ1n) is 35.4. The van der Waals surface area contributed by atoms with Crippen LogP contribution in [-0.2, 0) is 57.1 Å². The minimum Gasteiger partial charge on any atom is -0.379 e. The fraction of sp³-hybridized carbons (Fsp3) is 0.910. The molecule has 0 rings (SSSR count). The van der Waals surface area contributed by atoms with Crippen LogP contribution in [0.15, 0.2) is 12.7 Å². The molecule has 0 saturated carbocycles. The quantitative estimate of drug-likeness (QED) is 0.0448. The summed E-state index contributed by atoms with van der Waals surface area (Å²) in [6, 6.07) is 0. The number of carbonyl (C=O) groups is 4. The van der Waals surface area contributed by atoms with E-state index >= 15 is 0 Å². The van der Waals surface area contributed by atoms with Crippen molar-refractivity contribution in [3.63, 3.8) is 0 Å². The number of hydrogen-bond donors (Lipinski definition) is 1. The number of thioether (sulfide) groups is 8. The molecule has 92 heavy (non-hydrogen) atoms. The summed E-state index contributed by atoms with van der Waals surface area (Å²) < 4.78 is 52.2. The third kappa shape index (κ3) is 64.7. The van der Waals surface area contributed by atoms with Gasteiger partial charge in [-0.3, -0.25) is 19.2 Å². The number of amides is 4. The van der Waals surface area contributed by atoms with Gasteiger partial charge in [-0.1, -0.05) is 32.8 Å². The highest BCUT2D eigenvalue weighted by Crippen LogP contribution is 2.17. The van der Waals surface area contributed by atoms with Crippen molar-refractivity contribution < 1.29 is 58.5 Å². The summed E-state index contributed by atoms with van der Waals surface area (Å²) in [5, 5.41) is 0. The Bertz CT molecular complexity index is 1650. The number of ether oxygens (including phenoxy) is 8. The minimum absolute atomic E-state index is 0.189. The van der Waals surface area contributed by atoms with Crippen molar-refractivity contribution in [2.45, 2.75) is 130 Å². The smallest absolute Gasteiger partial charge is 0.223 e. The monoisotopic (exact) mass is 1450 g/mol. The Balaban J connectivity index is 4.26. The average molecular weight is 1460 g/mol. The highest BCUT2D eigenvalue weighted by molar-refractivity contribution is 8.00. The minimum atomic E-state index is 0.189. The molecule has 0 spiro atoms. The van der Waals surface area contributed by atoms with Crippen molar-refractivity contribution in [1.29, 1.82) is 0 Å². The predicted octanol–water partition coefficient (Wildman–Crippen LogP) is 11.8. The summed E-state index contributed by atoms with van der Waals surface area (Å²) in [4.78, 5) is 60.4. The molecule has 17 nitrogen and oxygen atoms in total. The van der Waals surface area contributed by atoms with Gasteiger partial charge < -0.3 is 63.2 Å². The van der Waals surface area contributed by atoms with Gasteiger partial charge in [0, 0.05) is 137 Å². The van der Waals surface area contributed by atoms with Gasteiger partial charge in [0.25, 0.3) is 0 Å². The van der Waals surface area contributed by atoms with E-state index in [1.807, 2.05) is 99.1 Å². The van der Waals surface area contributed by atoms with Gasteiger partial charge in [0.05, 0.1) is 92.5 Å². The summed E-state index contributed by atoms with van der Waals surface area (Å²) in [5.41, 5.74) is 2.43. The first-order valence-corrected chi connectivity index (χ1v) is 44.1. The maximum absolute atomic E-state index is 13.4. The Labute approximate surface area is 597 Å². The molecule has 0 atom stereocenters. The molecule has 0 radical (unpaired) electrons. The molecule has 25 heteroatoms. The lowest BCUT2D eigenvalue weighted by Crippen LogP contribution is -2.35. The van der Waals surface area contributed by atoms with Gasteiger partial charge in [-0.25, -0.2) is 0 Å². The first-order chi connectivity index (χ1) is 45.8. The van der Waals surface area contributed by atoms with E-state index < -0.39 is 0 Å². The van der Waals surface area contributed by atoms with Gasteiger partial charge >= 0.3 is 0 Å². The van der Waals surface area contributed by atoms with Gasteiger partial charge in [0.15, 0.2) is 0 Å². The van der Waals surface area contributed by atoms with Gasteiger partial charge in [0.2, 0.25) is 23.6 Å². The lowest BCUT2D eigenvalue weighted by Gasteiger charge is -2.23. The molecule has 4 amide bonds. The molecule has 544 valence electrons. The molecule has 0 bridgehead atoms. The van der Waals surface area contributed by atoms with E-state index in [2.05, 4.69) is 31.1 Å². The van der Waals surface area contributed by atoms with Crippen LogP contribution < -0.4 is 5.73 Å². The summed E-state index contributed by atoms with van der Waals surface area (Å²) >= 11 is 15.0. The first kappa shape index (κ1) is 90.1. The largest absolute Gasteiger partial charge is 0.379 e. The third-order valence-corrected chi connectivity index (χ3v) is 22.2. The number of nitrogens with two attached hydrogens (primary N) is 1. The van der Waals surface area contributed by atoms with Gasteiger partial charge in [-0.2, -0.15) is 94.1 Å². The van der Waals surface area contributed by atoms with Crippen LogP contribution in [0.4, 0.5) is 0 Å². The van der Waals surface area contributed by atoms with E-state index in [9.17, 15) is 19.2 Å². The molecule has 0 aliphatic carbocycles. The van der Waals surface area contributed by atoms with Crippen LogP contribution in [-0.4, -0.2) is 300 Å². The Hall–Kier alpha value is 0.0600. The van der Waals surface area contributed by atoms with Crippen molar-refractivity contribution in [3.05, 3.63) is 12.7 Å². The zero-order valence-corrected chi connectivity index (χ0v) is 64.6. The zero-order valence-electron chi connectivity index (χ0n) is 59.0. The third-order valence-electron chi connectivity index (χ3n) is 13.8. The average Bonchev–Trinajstić information content (AvgIpc) is 3.79. The number of carbonyl (C=O) groups excluding carboxylic acids is 4. The second-order valence-electron chi connectivity index (χ2n) is 21.5. The van der Waals surface area contributed by atoms with Crippen LogP contribution in [0, 0.1) is 0 Å². The molecule has 0 aliphatic heterocycles. The Morgan fingerprint density at radius 1 is 0.326 bits per heavy atom. The van der Waals surface area contributed by atoms with E-state index in [1.165, 1.54) is 6.42 Å². The van der Waals surface area contributed by atoms with Gasteiger partial charge in [-0.15, -0.1) is 6.58 Å². The van der Waals surface area contributed by atoms with Crippen LogP contribution >= 0.6 is 94.1 Å². The molecule has 0 unspecified atom stereocenters. The molecular formula is C67H131N5O12S8. The van der Waals surface area contributed by atoms with Crippen molar-refractivity contribution in [3.8, 4) is 0 Å². The van der Waals surface area contributed by atoms with Crippen LogP contribution in [0.3, 0.4) is 0 Å². The van der Waals surface area contributed by atoms with Crippen LogP contribution in [0.25, 0.3) is 0 Å². The lowest BCUT2D eigenvalue weighted by atomic mass is 10.2. The number of nitrogens with zero attached hydrogens (tertiary/aromatic N) is 4. The van der Waals surface area contributed by atoms with Crippen LogP contribution in [0.5, 0.6) is 0 Å². The summed E-state index contributed by atoms with van der Waals surface area (Å²) in [5.74, 6) is 16.3. The second-order valence-corrected chi connectivity index (χ2v) is 31.3. The Morgan fingerprint density at radius 3 is 0.946 bits per heavy atom. The Kier molecular flexibility index (Phi) is 75.2. The highest BCUT2D eigenvalue weighted by atomic mass is 32.2. The molecule has 0 aromatic rings. The number of hydrogen-bond acceptors (Lipinski definition) is 21. The SMILES string of the molecule is [2H]NCCCSCCOCCOCCSCCC(=O)N(CCCSCCCCSCCC(=O)N(CCCC)CCCSCCCCSCCC(=O)N(CCCSCCOCCOCCSCCC(=O)N(CC=C)CCCC)CCOCCOCC)CCOCCOCC. The van der Waals surface area contributed by atoms with E-state index in [-0.39, 0.29) is 17.7 Å². The van der Waals surface area contributed by atoms with E-state index in [0.29, 0.717) is 150 Å². The van der Waals surface area contributed by atoms with Crippen molar-refractivity contribution in [2.24, 2.45) is 5.73 Å². The summed E-state index contributed by atoms with van der Waals surface area (Å²) in [6.07, 6.45) is 16.8. The van der Waals surface area contributed by atoms with Crippen LogP contribution in [0.1, 0.15) is 130 Å². The number of rotatable bonds is 78. The van der Waals surface area contributed by atoms with Crippen molar-refractivity contribution in [2.75, 3.05) is 257 Å². The fourth-order valence-electron chi connectivity index (χ4n) is 8.60. The predicted molar refractivity (Wildman–Crippen MR) is 407 cm³/mol. The van der Waals surface area contributed by atoms with E-state index in [0.717, 1.165) is 209 Å². The maximum atomic E-state index is 13.4. The summed E-state index contributed by atoms with van der Waals surface area (Å²) in [6.45, 7) is 28.2. The molecule has 2 N–H and O–H groups in total. The molecular weight excluding hydrogens is 1320 g/mol. The van der Waals surface area contributed by atoms with E-state index in [1.54, 1.807) is 29.6 Å². The maximum Gasteiger partial charge on any atom is 0.223 e. The number of unbranched alkanes of at least 4 members (excludes halogenated alkanes) is 4. The topological polar surface area (TPSA) is 181 Å². The molecule has 0 saturated heterocycles. The van der Waals surface area contributed by atoms with Crippen molar-refractivity contribution in [1.82, 2.24) is 19.6 Å². The standard InChI is InChI=1S/C67H131N5O12S8/c1-6-11-27-69(26-8-3)64(73)23-58-91-62-46-84-43-41-82-45-61-90-55-20-31-72(33-35-80-39-37-78-10-5)66(75)22-57-88-51-16-13-48-85-53-18-29-70(28-12-7-2)65(74)21-56-87-50-15-14-49-86-54-19-30-71(32-34-79-38-36-77-9-4)67(76)24-59-92-63-47-83-42-40-81-44-60-89-52-17-25-68/h8H,3,6-7,9-63,68H2,1-2,4-5H3/i/hD. The second kappa shape index (κ2) is 76.8. The fourth-order valence-corrected chi connectivity index (χ4v) is 15.4.